The number of carbonyl (C=O) groups is 1. The molecule has 2 heterocycles. The topological polar surface area (TPSA) is 47.0 Å². The maximum atomic E-state index is 11.8. The average Bonchev–Trinajstić information content (AvgIpc) is 3.22. The van der Waals surface area contributed by atoms with Crippen molar-refractivity contribution in [3.63, 3.8) is 0 Å². The van der Waals surface area contributed by atoms with E-state index in [1.165, 1.54) is 24.7 Å². The van der Waals surface area contributed by atoms with Gasteiger partial charge in [0.15, 0.2) is 0 Å². The van der Waals surface area contributed by atoms with Gasteiger partial charge in [0, 0.05) is 49.2 Å². The van der Waals surface area contributed by atoms with Crippen LogP contribution < -0.4 is 9.80 Å². The highest BCUT2D eigenvalue weighted by Crippen LogP contribution is 2.37. The quantitative estimate of drug-likeness (QED) is 0.691. The lowest BCUT2D eigenvalue weighted by atomic mass is 10.1. The Labute approximate surface area is 148 Å². The van der Waals surface area contributed by atoms with Crippen LogP contribution in [0.15, 0.2) is 48.5 Å². The van der Waals surface area contributed by atoms with Gasteiger partial charge in [-0.05, 0) is 49.7 Å². The first kappa shape index (κ1) is 16.0. The summed E-state index contributed by atoms with van der Waals surface area (Å²) in [6, 6.07) is 17.4. The summed E-state index contributed by atoms with van der Waals surface area (Å²) in [7, 11) is 1.34. The van der Waals surface area contributed by atoms with Gasteiger partial charge in [-0.15, -0.1) is 0 Å². The normalized spacial score (nSPS) is 21.7. The first-order valence-corrected chi connectivity index (χ1v) is 8.70. The summed E-state index contributed by atoms with van der Waals surface area (Å²) in [6.45, 7) is 4.16. The third-order valence-electron chi connectivity index (χ3n) is 5.35. The van der Waals surface area contributed by atoms with Crippen molar-refractivity contribution in [1.29, 1.82) is 0 Å². The SMILES string of the molecule is Cc1ccc(N2C[C@H]3C[C@@H]2CN3c2ccc(C(=O)N(C)O)cc2)cc1. The maximum absolute atomic E-state index is 11.8. The molecular weight excluding hydrogens is 314 g/mol. The van der Waals surface area contributed by atoms with Gasteiger partial charge in [0.1, 0.15) is 0 Å². The summed E-state index contributed by atoms with van der Waals surface area (Å²) >= 11 is 0. The molecule has 0 unspecified atom stereocenters. The number of carbonyl (C=O) groups excluding carboxylic acids is 1. The van der Waals surface area contributed by atoms with Crippen LogP contribution in [0.3, 0.4) is 0 Å². The lowest BCUT2D eigenvalue weighted by molar-refractivity contribution is -0.0374. The van der Waals surface area contributed by atoms with E-state index < -0.39 is 0 Å². The molecular formula is C20H23N3O2. The van der Waals surface area contributed by atoms with Gasteiger partial charge >= 0.3 is 0 Å². The Hall–Kier alpha value is -2.53. The number of rotatable bonds is 3. The molecule has 0 aliphatic carbocycles. The Kier molecular flexibility index (Phi) is 3.88. The number of benzene rings is 2. The van der Waals surface area contributed by atoms with Crippen LogP contribution in [0.25, 0.3) is 0 Å². The van der Waals surface area contributed by atoms with E-state index in [9.17, 15) is 10.0 Å². The van der Waals surface area contributed by atoms with E-state index in [0.717, 1.165) is 18.8 Å². The Bertz CT molecular complexity index is 771. The molecule has 2 aromatic carbocycles. The van der Waals surface area contributed by atoms with Crippen LogP contribution in [-0.4, -0.2) is 48.4 Å². The second-order valence-corrected chi connectivity index (χ2v) is 7.06. The van der Waals surface area contributed by atoms with E-state index in [1.54, 1.807) is 12.1 Å². The predicted molar refractivity (Wildman–Crippen MR) is 98.4 cm³/mol. The molecule has 5 heteroatoms. The van der Waals surface area contributed by atoms with Gasteiger partial charge in [-0.3, -0.25) is 10.0 Å². The molecule has 1 amide bonds. The lowest BCUT2D eigenvalue weighted by Crippen LogP contribution is -2.46. The number of amides is 1. The Morgan fingerprint density at radius 3 is 1.88 bits per heavy atom. The fourth-order valence-electron chi connectivity index (χ4n) is 4.02. The number of aryl methyl sites for hydroxylation is 1. The van der Waals surface area contributed by atoms with E-state index in [4.69, 9.17) is 0 Å². The molecule has 4 rings (SSSR count). The highest BCUT2D eigenvalue weighted by Gasteiger charge is 2.43. The molecule has 1 N–H and O–H groups in total. The highest BCUT2D eigenvalue weighted by molar-refractivity contribution is 5.93. The predicted octanol–water partition coefficient (Wildman–Crippen LogP) is 2.92. The minimum atomic E-state index is -0.389. The highest BCUT2D eigenvalue weighted by atomic mass is 16.5. The second kappa shape index (κ2) is 6.08. The van der Waals surface area contributed by atoms with E-state index >= 15 is 0 Å². The van der Waals surface area contributed by atoms with Gasteiger partial charge in [0.2, 0.25) is 0 Å². The number of hydroxylamine groups is 2. The second-order valence-electron chi connectivity index (χ2n) is 7.06. The molecule has 2 atom stereocenters. The van der Waals surface area contributed by atoms with E-state index in [-0.39, 0.29) is 5.91 Å². The maximum Gasteiger partial charge on any atom is 0.276 e. The van der Waals surface area contributed by atoms with Gasteiger partial charge in [0.25, 0.3) is 5.91 Å². The minimum absolute atomic E-state index is 0.389. The molecule has 2 aliphatic heterocycles. The van der Waals surface area contributed by atoms with Crippen LogP contribution in [0.2, 0.25) is 0 Å². The van der Waals surface area contributed by atoms with E-state index in [1.807, 2.05) is 12.1 Å². The summed E-state index contributed by atoms with van der Waals surface area (Å²) in [6.07, 6.45) is 1.17. The summed E-state index contributed by atoms with van der Waals surface area (Å²) < 4.78 is 0. The van der Waals surface area contributed by atoms with Crippen molar-refractivity contribution in [2.75, 3.05) is 29.9 Å². The molecule has 0 saturated carbocycles. The van der Waals surface area contributed by atoms with Crippen LogP contribution in [0, 0.1) is 6.92 Å². The zero-order valence-electron chi connectivity index (χ0n) is 14.6. The van der Waals surface area contributed by atoms with E-state index in [2.05, 4.69) is 41.0 Å². The molecule has 130 valence electrons. The Morgan fingerprint density at radius 1 is 0.960 bits per heavy atom. The van der Waals surface area contributed by atoms with Crippen LogP contribution >= 0.6 is 0 Å². The number of fused-ring (bicyclic) bond motifs is 2. The molecule has 2 saturated heterocycles. The summed E-state index contributed by atoms with van der Waals surface area (Å²) in [5.74, 6) is -0.389. The Balaban J connectivity index is 1.47. The standard InChI is InChI=1S/C20H23N3O2/c1-14-3-7-16(8-4-14)22-12-19-11-18(22)13-23(19)17-9-5-15(6-10-17)20(24)21(2)25/h3-10,18-19,25H,11-13H2,1-2H3/t18-,19-/m1/s1. The van der Waals surface area contributed by atoms with Crippen molar-refractivity contribution in [3.05, 3.63) is 59.7 Å². The molecule has 0 aromatic heterocycles. The number of anilines is 2. The third kappa shape index (κ3) is 2.85. The van der Waals surface area contributed by atoms with Gasteiger partial charge < -0.3 is 9.80 Å². The summed E-state index contributed by atoms with van der Waals surface area (Å²) in [4.78, 5) is 16.7. The van der Waals surface area contributed by atoms with Gasteiger partial charge in [0.05, 0.1) is 0 Å². The molecule has 2 aliphatic rings. The number of piperazine rings is 1. The van der Waals surface area contributed by atoms with Crippen molar-refractivity contribution in [3.8, 4) is 0 Å². The van der Waals surface area contributed by atoms with Crippen LogP contribution in [0.1, 0.15) is 22.3 Å². The fraction of sp³-hybridized carbons (Fsp3) is 0.350. The number of nitrogens with zero attached hydrogens (tertiary/aromatic N) is 3. The molecule has 0 spiro atoms. The molecule has 2 aromatic rings. The first-order valence-electron chi connectivity index (χ1n) is 8.70. The average molecular weight is 337 g/mol. The van der Waals surface area contributed by atoms with Gasteiger partial charge in [-0.1, -0.05) is 17.7 Å². The summed E-state index contributed by atoms with van der Waals surface area (Å²) in [5, 5.41) is 9.88. The third-order valence-corrected chi connectivity index (χ3v) is 5.35. The minimum Gasteiger partial charge on any atom is -0.365 e. The zero-order valence-corrected chi connectivity index (χ0v) is 14.6. The van der Waals surface area contributed by atoms with Crippen molar-refractivity contribution in [1.82, 2.24) is 5.06 Å². The van der Waals surface area contributed by atoms with Crippen molar-refractivity contribution < 1.29 is 10.0 Å². The Morgan fingerprint density at radius 2 is 1.44 bits per heavy atom. The molecule has 2 bridgehead atoms. The molecule has 5 nitrogen and oxygen atoms in total. The summed E-state index contributed by atoms with van der Waals surface area (Å²) in [5.41, 5.74) is 4.25. The molecule has 25 heavy (non-hydrogen) atoms. The number of hydrogen-bond acceptors (Lipinski definition) is 4. The van der Waals surface area contributed by atoms with Gasteiger partial charge in [-0.25, -0.2) is 5.06 Å². The van der Waals surface area contributed by atoms with Crippen LogP contribution in [0.5, 0.6) is 0 Å². The van der Waals surface area contributed by atoms with Gasteiger partial charge in [-0.2, -0.15) is 0 Å². The first-order chi connectivity index (χ1) is 12.0. The van der Waals surface area contributed by atoms with Crippen molar-refractivity contribution >= 4 is 17.3 Å². The van der Waals surface area contributed by atoms with Crippen LogP contribution in [0.4, 0.5) is 11.4 Å². The fourth-order valence-corrected chi connectivity index (χ4v) is 4.02. The largest absolute Gasteiger partial charge is 0.365 e. The smallest absolute Gasteiger partial charge is 0.276 e. The monoisotopic (exact) mass is 337 g/mol. The zero-order chi connectivity index (χ0) is 17.6. The number of hydrogen-bond donors (Lipinski definition) is 1. The van der Waals surface area contributed by atoms with Crippen LogP contribution in [-0.2, 0) is 0 Å². The van der Waals surface area contributed by atoms with Crippen molar-refractivity contribution in [2.24, 2.45) is 0 Å². The molecule has 0 radical (unpaired) electrons. The van der Waals surface area contributed by atoms with Crippen molar-refractivity contribution in [2.45, 2.75) is 25.4 Å². The van der Waals surface area contributed by atoms with E-state index in [0.29, 0.717) is 22.7 Å². The lowest BCUT2D eigenvalue weighted by Gasteiger charge is -2.37. The molecule has 2 fully saturated rings.